The number of amides is 1. The third kappa shape index (κ3) is 3.96. The molecular formula is C14H19ClN2O3S. The molecule has 5 nitrogen and oxygen atoms in total. The summed E-state index contributed by atoms with van der Waals surface area (Å²) in [6.45, 7) is 2.54. The molecule has 1 amide bonds. The Morgan fingerprint density at radius 3 is 2.52 bits per heavy atom. The van der Waals surface area contributed by atoms with Crippen molar-refractivity contribution < 1.29 is 13.2 Å². The van der Waals surface area contributed by atoms with Gasteiger partial charge in [-0.05, 0) is 31.9 Å². The van der Waals surface area contributed by atoms with Crippen LogP contribution in [0.1, 0.15) is 30.1 Å². The molecule has 1 fully saturated rings. The minimum Gasteiger partial charge on any atom is -0.349 e. The molecule has 0 spiro atoms. The Kier molecular flexibility index (Phi) is 5.24. The number of nitrogens with zero attached hydrogens (tertiary/aromatic N) is 1. The Morgan fingerprint density at radius 2 is 1.95 bits per heavy atom. The standard InChI is InChI=1S/C14H19ClN2O3S/c1-2-21(19,20)17-9-7-11(8-10-17)16-14(18)12-5-3-4-6-13(12)15/h3-6,11H,2,7-10H2,1H3,(H,16,18). The third-order valence-electron chi connectivity index (χ3n) is 3.67. The Morgan fingerprint density at radius 1 is 1.33 bits per heavy atom. The van der Waals surface area contributed by atoms with Gasteiger partial charge in [-0.3, -0.25) is 4.79 Å². The molecule has 2 rings (SSSR count). The van der Waals surface area contributed by atoms with E-state index in [2.05, 4.69) is 5.32 Å². The van der Waals surface area contributed by atoms with Gasteiger partial charge in [0.25, 0.3) is 5.91 Å². The average Bonchev–Trinajstić information content (AvgIpc) is 2.48. The first-order valence-corrected chi connectivity index (χ1v) is 8.96. The highest BCUT2D eigenvalue weighted by Gasteiger charge is 2.27. The summed E-state index contributed by atoms with van der Waals surface area (Å²) >= 11 is 5.99. The predicted octanol–water partition coefficient (Wildman–Crippen LogP) is 1.88. The van der Waals surface area contributed by atoms with E-state index in [1.165, 1.54) is 4.31 Å². The first kappa shape index (κ1) is 16.3. The zero-order chi connectivity index (χ0) is 15.5. The van der Waals surface area contributed by atoms with Crippen molar-refractivity contribution in [2.75, 3.05) is 18.8 Å². The van der Waals surface area contributed by atoms with Gasteiger partial charge >= 0.3 is 0 Å². The molecule has 1 aliphatic rings. The highest BCUT2D eigenvalue weighted by Crippen LogP contribution is 2.18. The molecule has 1 aliphatic heterocycles. The number of rotatable bonds is 4. The maximum Gasteiger partial charge on any atom is 0.253 e. The minimum atomic E-state index is -3.13. The second kappa shape index (κ2) is 6.77. The van der Waals surface area contributed by atoms with Gasteiger partial charge in [0.05, 0.1) is 16.3 Å². The molecule has 0 unspecified atom stereocenters. The summed E-state index contributed by atoms with van der Waals surface area (Å²) in [5, 5.41) is 3.34. The zero-order valence-electron chi connectivity index (χ0n) is 11.9. The Labute approximate surface area is 130 Å². The van der Waals surface area contributed by atoms with Crippen LogP contribution in [0.5, 0.6) is 0 Å². The number of carbonyl (C=O) groups excluding carboxylic acids is 1. The smallest absolute Gasteiger partial charge is 0.253 e. The zero-order valence-corrected chi connectivity index (χ0v) is 13.5. The van der Waals surface area contributed by atoms with Crippen molar-refractivity contribution in [2.24, 2.45) is 0 Å². The molecule has 0 saturated carbocycles. The van der Waals surface area contributed by atoms with Crippen LogP contribution in [0.25, 0.3) is 0 Å². The highest BCUT2D eigenvalue weighted by atomic mass is 35.5. The van der Waals surface area contributed by atoms with Crippen LogP contribution in [0.2, 0.25) is 5.02 Å². The van der Waals surface area contributed by atoms with Crippen molar-refractivity contribution in [3.63, 3.8) is 0 Å². The van der Waals surface area contributed by atoms with Crippen LogP contribution in [0, 0.1) is 0 Å². The van der Waals surface area contributed by atoms with E-state index in [-0.39, 0.29) is 17.7 Å². The normalized spacial score (nSPS) is 17.6. The van der Waals surface area contributed by atoms with Gasteiger partial charge in [0.1, 0.15) is 0 Å². The molecule has 0 bridgehead atoms. The molecule has 0 atom stereocenters. The van der Waals surface area contributed by atoms with Gasteiger partial charge in [-0.2, -0.15) is 0 Å². The van der Waals surface area contributed by atoms with Crippen LogP contribution in [0.4, 0.5) is 0 Å². The van der Waals surface area contributed by atoms with Gasteiger partial charge in [0.2, 0.25) is 10.0 Å². The quantitative estimate of drug-likeness (QED) is 0.916. The second-order valence-electron chi connectivity index (χ2n) is 5.03. The largest absolute Gasteiger partial charge is 0.349 e. The number of benzene rings is 1. The van der Waals surface area contributed by atoms with Gasteiger partial charge in [-0.25, -0.2) is 12.7 Å². The monoisotopic (exact) mass is 330 g/mol. The molecule has 0 radical (unpaired) electrons. The molecule has 1 saturated heterocycles. The van der Waals surface area contributed by atoms with Crippen molar-refractivity contribution in [3.05, 3.63) is 34.9 Å². The summed E-state index contributed by atoms with van der Waals surface area (Å²) in [4.78, 5) is 12.1. The first-order valence-electron chi connectivity index (χ1n) is 6.97. The van der Waals surface area contributed by atoms with Gasteiger partial charge in [0.15, 0.2) is 0 Å². The fraction of sp³-hybridized carbons (Fsp3) is 0.500. The third-order valence-corrected chi connectivity index (χ3v) is 5.88. The van der Waals surface area contributed by atoms with E-state index in [9.17, 15) is 13.2 Å². The fourth-order valence-corrected chi connectivity index (χ4v) is 3.72. The van der Waals surface area contributed by atoms with E-state index in [0.717, 1.165) is 0 Å². The van der Waals surface area contributed by atoms with Crippen molar-refractivity contribution in [1.82, 2.24) is 9.62 Å². The van der Waals surface area contributed by atoms with Crippen LogP contribution < -0.4 is 5.32 Å². The SMILES string of the molecule is CCS(=O)(=O)N1CCC(NC(=O)c2ccccc2Cl)CC1. The topological polar surface area (TPSA) is 66.5 Å². The number of carbonyl (C=O) groups is 1. The lowest BCUT2D eigenvalue weighted by Gasteiger charge is -2.31. The van der Waals surface area contributed by atoms with Crippen molar-refractivity contribution in [1.29, 1.82) is 0 Å². The first-order chi connectivity index (χ1) is 9.94. The van der Waals surface area contributed by atoms with Gasteiger partial charge < -0.3 is 5.32 Å². The lowest BCUT2D eigenvalue weighted by molar-refractivity contribution is 0.0924. The van der Waals surface area contributed by atoms with E-state index >= 15 is 0 Å². The minimum absolute atomic E-state index is 0.0166. The van der Waals surface area contributed by atoms with Crippen LogP contribution >= 0.6 is 11.6 Å². The van der Waals surface area contributed by atoms with Gasteiger partial charge in [0, 0.05) is 19.1 Å². The van der Waals surface area contributed by atoms with E-state index < -0.39 is 10.0 Å². The van der Waals surface area contributed by atoms with E-state index in [1.807, 2.05) is 0 Å². The van der Waals surface area contributed by atoms with Crippen molar-refractivity contribution >= 4 is 27.5 Å². The molecule has 0 aromatic heterocycles. The van der Waals surface area contributed by atoms with E-state index in [0.29, 0.717) is 36.5 Å². The summed E-state index contributed by atoms with van der Waals surface area (Å²) < 4.78 is 25.0. The lowest BCUT2D eigenvalue weighted by Crippen LogP contribution is -2.46. The molecule has 1 heterocycles. The Bertz CT molecular complexity index is 610. The fourth-order valence-electron chi connectivity index (χ4n) is 2.37. The Balaban J connectivity index is 1.92. The molecule has 7 heteroatoms. The Hall–Kier alpha value is -1.11. The van der Waals surface area contributed by atoms with Crippen molar-refractivity contribution in [2.45, 2.75) is 25.8 Å². The molecule has 0 aliphatic carbocycles. The van der Waals surface area contributed by atoms with Crippen LogP contribution in [0.15, 0.2) is 24.3 Å². The van der Waals surface area contributed by atoms with Crippen LogP contribution in [-0.2, 0) is 10.0 Å². The van der Waals surface area contributed by atoms with E-state index in [4.69, 9.17) is 11.6 Å². The maximum absolute atomic E-state index is 12.1. The molecule has 1 aromatic carbocycles. The summed E-state index contributed by atoms with van der Waals surface area (Å²) in [7, 11) is -3.13. The number of hydrogen-bond donors (Lipinski definition) is 1. The number of nitrogens with one attached hydrogen (secondary N) is 1. The molecule has 1 aromatic rings. The van der Waals surface area contributed by atoms with Crippen LogP contribution in [0.3, 0.4) is 0 Å². The summed E-state index contributed by atoms with van der Waals surface area (Å²) in [6.07, 6.45) is 1.24. The van der Waals surface area contributed by atoms with Gasteiger partial charge in [-0.1, -0.05) is 23.7 Å². The summed E-state index contributed by atoms with van der Waals surface area (Å²) in [5.41, 5.74) is 0.447. The van der Waals surface area contributed by atoms with Gasteiger partial charge in [-0.15, -0.1) is 0 Å². The lowest BCUT2D eigenvalue weighted by atomic mass is 10.1. The molecular weight excluding hydrogens is 312 g/mol. The summed E-state index contributed by atoms with van der Waals surface area (Å²) in [5.74, 6) is -0.0960. The number of sulfonamides is 1. The number of halogens is 1. The molecule has 21 heavy (non-hydrogen) atoms. The molecule has 1 N–H and O–H groups in total. The second-order valence-corrected chi connectivity index (χ2v) is 7.69. The van der Waals surface area contributed by atoms with Crippen LogP contribution in [-0.4, -0.2) is 43.5 Å². The highest BCUT2D eigenvalue weighted by molar-refractivity contribution is 7.89. The number of hydrogen-bond acceptors (Lipinski definition) is 3. The maximum atomic E-state index is 12.1. The molecule has 116 valence electrons. The average molecular weight is 331 g/mol. The number of piperidine rings is 1. The van der Waals surface area contributed by atoms with E-state index in [1.54, 1.807) is 31.2 Å². The predicted molar refractivity (Wildman–Crippen MR) is 83.0 cm³/mol. The van der Waals surface area contributed by atoms with Crippen molar-refractivity contribution in [3.8, 4) is 0 Å². The summed E-state index contributed by atoms with van der Waals surface area (Å²) in [6, 6.07) is 6.86.